The van der Waals surface area contributed by atoms with Gasteiger partial charge in [-0.15, -0.1) is 20.7 Å². The van der Waals surface area contributed by atoms with Crippen LogP contribution in [0.15, 0.2) is 76.2 Å². The third-order valence-corrected chi connectivity index (χ3v) is 12.5. The second-order valence-corrected chi connectivity index (χ2v) is 17.1. The minimum Gasteiger partial charge on any atom is -0.462 e. The zero-order valence-corrected chi connectivity index (χ0v) is 33.2. The number of Topliss-reactive ketones (excluding diaryl/α,β-unsaturated/α-hetero) is 1. The monoisotopic (exact) mass is 801 g/mol. The molecule has 6 nitrogen and oxygen atoms in total. The van der Waals surface area contributed by atoms with Gasteiger partial charge in [0.2, 0.25) is 0 Å². The lowest BCUT2D eigenvalue weighted by atomic mass is 9.85. The Hall–Kier alpha value is -3.85. The molecule has 1 unspecified atom stereocenters. The summed E-state index contributed by atoms with van der Waals surface area (Å²) in [5.41, 5.74) is 8.87. The van der Waals surface area contributed by atoms with Crippen LogP contribution in [-0.4, -0.2) is 35.1 Å². The van der Waals surface area contributed by atoms with E-state index in [1.807, 2.05) is 31.2 Å². The lowest BCUT2D eigenvalue weighted by Gasteiger charge is -2.20. The minimum atomic E-state index is -0.299. The Morgan fingerprint density at radius 1 is 0.863 bits per heavy atom. The average molecular weight is 802 g/mol. The van der Waals surface area contributed by atoms with Gasteiger partial charge < -0.3 is 14.5 Å². The standard InChI is InChI=1S/C44H52INO5/c1-7-45-38-26-40-36(23-29(38)4)42(37-24-30(5)39(46-8-2)27-41(37)51-40)33-19-15-16-20-34(33)44(49)50-21-17-13-11-9-10-12-14-18-28(3)35-25-32(47)22-31(6)43(35)48/h15-16,19-20,22-28,46H,7-14,17-18,21H2,1-6H3. The van der Waals surface area contributed by atoms with E-state index in [0.29, 0.717) is 23.3 Å². The number of ketones is 2. The maximum absolute atomic E-state index is 13.7. The van der Waals surface area contributed by atoms with E-state index in [9.17, 15) is 14.4 Å². The van der Waals surface area contributed by atoms with Gasteiger partial charge in [-0.1, -0.05) is 70.6 Å². The summed E-state index contributed by atoms with van der Waals surface area (Å²) in [6.45, 7) is 13.6. The summed E-state index contributed by atoms with van der Waals surface area (Å²) in [5.74, 6) is 0.574. The normalized spacial score (nSPS) is 14.4. The number of hydrogen-bond donors (Lipinski definition) is 1. The lowest BCUT2D eigenvalue weighted by Crippen LogP contribution is -2.17. The average Bonchev–Trinajstić information content (AvgIpc) is 3.10. The molecular formula is C44H52INO5. The van der Waals surface area contributed by atoms with Crippen LogP contribution in [0, 0.1) is 22.9 Å². The third kappa shape index (κ3) is 9.34. The van der Waals surface area contributed by atoms with E-state index in [4.69, 9.17) is 9.15 Å². The van der Waals surface area contributed by atoms with Crippen LogP contribution in [0.1, 0.15) is 101 Å². The van der Waals surface area contributed by atoms with E-state index >= 15 is 0 Å². The van der Waals surface area contributed by atoms with Crippen molar-refractivity contribution in [3.63, 3.8) is 0 Å². The second-order valence-electron chi connectivity index (χ2n) is 13.7. The maximum atomic E-state index is 13.7. The fourth-order valence-corrected chi connectivity index (χ4v) is 9.06. The number of rotatable bonds is 16. The molecule has 51 heavy (non-hydrogen) atoms. The number of anilines is 1. The van der Waals surface area contributed by atoms with Crippen molar-refractivity contribution in [2.45, 2.75) is 92.9 Å². The van der Waals surface area contributed by atoms with Crippen LogP contribution in [-0.2, 0) is 14.3 Å². The predicted octanol–water partition coefficient (Wildman–Crippen LogP) is 11.7. The largest absolute Gasteiger partial charge is 0.462 e. The summed E-state index contributed by atoms with van der Waals surface area (Å²) in [5, 5.41) is 4.45. The van der Waals surface area contributed by atoms with Gasteiger partial charge >= 0.3 is 5.97 Å². The summed E-state index contributed by atoms with van der Waals surface area (Å²) >= 11 is -0.106. The first-order valence-electron chi connectivity index (χ1n) is 18.6. The van der Waals surface area contributed by atoms with Crippen LogP contribution in [0.2, 0.25) is 0 Å². The van der Waals surface area contributed by atoms with E-state index in [1.54, 1.807) is 6.92 Å². The maximum Gasteiger partial charge on any atom is 0.338 e. The van der Waals surface area contributed by atoms with Crippen molar-refractivity contribution in [2.75, 3.05) is 22.9 Å². The van der Waals surface area contributed by atoms with Crippen molar-refractivity contribution in [1.29, 1.82) is 0 Å². The lowest BCUT2D eigenvalue weighted by molar-refractivity contribution is -0.115. The second kappa shape index (κ2) is 18.1. The van der Waals surface area contributed by atoms with E-state index < -0.39 is 0 Å². The first kappa shape index (κ1) is 38.4. The van der Waals surface area contributed by atoms with Crippen LogP contribution in [0.3, 0.4) is 0 Å². The molecule has 0 amide bonds. The number of fused-ring (bicyclic) bond motifs is 2. The number of allylic oxidation sites excluding steroid dienone is 4. The molecule has 0 spiro atoms. The highest BCUT2D eigenvalue weighted by atomic mass is 127. The Labute approximate surface area is 312 Å². The summed E-state index contributed by atoms with van der Waals surface area (Å²) in [4.78, 5) is 37.9. The van der Waals surface area contributed by atoms with Crippen LogP contribution < -0.4 is 5.32 Å². The molecule has 0 saturated heterocycles. The molecule has 1 N–H and O–H groups in total. The van der Waals surface area contributed by atoms with Crippen molar-refractivity contribution >= 4 is 54.9 Å². The molecule has 1 atom stereocenters. The van der Waals surface area contributed by atoms with E-state index in [2.05, 4.69) is 57.3 Å². The quantitative estimate of drug-likeness (QED) is 0.0303. The molecule has 0 radical (unpaired) electrons. The van der Waals surface area contributed by atoms with Gasteiger partial charge in [-0.2, -0.15) is 0 Å². The van der Waals surface area contributed by atoms with Crippen molar-refractivity contribution in [2.24, 2.45) is 5.92 Å². The first-order valence-corrected chi connectivity index (χ1v) is 21.2. The van der Waals surface area contributed by atoms with Crippen molar-refractivity contribution < 1.29 is 23.5 Å². The number of halogens is 1. The minimum absolute atomic E-state index is 0.00928. The fourth-order valence-electron chi connectivity index (χ4n) is 6.98. The molecule has 5 rings (SSSR count). The molecule has 0 saturated carbocycles. The van der Waals surface area contributed by atoms with Gasteiger partial charge in [-0.25, -0.2) is 4.79 Å². The van der Waals surface area contributed by atoms with Crippen LogP contribution in [0.4, 0.5) is 5.69 Å². The summed E-state index contributed by atoms with van der Waals surface area (Å²) in [7, 11) is 0. The zero-order chi connectivity index (χ0) is 36.5. The number of nitrogens with one attached hydrogen (secondary N) is 1. The van der Waals surface area contributed by atoms with Gasteiger partial charge in [0.25, 0.3) is 0 Å². The van der Waals surface area contributed by atoms with Gasteiger partial charge in [0.1, 0.15) is 11.3 Å². The summed E-state index contributed by atoms with van der Waals surface area (Å²) in [6, 6.07) is 16.5. The highest BCUT2D eigenvalue weighted by Crippen LogP contribution is 2.44. The number of carbonyl (C=O) groups excluding carboxylic acids is 3. The highest BCUT2D eigenvalue weighted by Gasteiger charge is 2.24. The smallest absolute Gasteiger partial charge is 0.338 e. The number of ether oxygens (including phenoxy) is 1. The number of carbonyl (C=O) groups is 3. The molecule has 270 valence electrons. The van der Waals surface area contributed by atoms with Crippen LogP contribution in [0.5, 0.6) is 0 Å². The summed E-state index contributed by atoms with van der Waals surface area (Å²) < 4.78 is 15.0. The Morgan fingerprint density at radius 2 is 1.59 bits per heavy atom. The van der Waals surface area contributed by atoms with Crippen molar-refractivity contribution in [1.82, 2.24) is 0 Å². The molecule has 2 aromatic carbocycles. The molecular weight excluding hydrogens is 749 g/mol. The molecule has 3 aliphatic rings. The van der Waals surface area contributed by atoms with Crippen LogP contribution in [0.25, 0.3) is 33.4 Å². The molecule has 7 heteroatoms. The van der Waals surface area contributed by atoms with Gasteiger partial charge in [0.15, 0.2) is 11.6 Å². The Kier molecular flexibility index (Phi) is 13.6. The van der Waals surface area contributed by atoms with Gasteiger partial charge in [-0.3, -0.25) is 9.59 Å². The number of hydrogen-bond acceptors (Lipinski definition) is 6. The zero-order valence-electron chi connectivity index (χ0n) is 31.0. The number of alkyl halides is 1. The van der Waals surface area contributed by atoms with Gasteiger partial charge in [0.05, 0.1) is 12.2 Å². The molecule has 2 aromatic rings. The predicted molar refractivity (Wildman–Crippen MR) is 218 cm³/mol. The molecule has 0 bridgehead atoms. The van der Waals surface area contributed by atoms with E-state index in [-0.39, 0.29) is 44.2 Å². The van der Waals surface area contributed by atoms with Crippen molar-refractivity contribution in [3.8, 4) is 22.5 Å². The summed E-state index contributed by atoms with van der Waals surface area (Å²) in [6.07, 6.45) is 11.2. The Balaban J connectivity index is 1.21. The molecule has 2 aliphatic carbocycles. The van der Waals surface area contributed by atoms with Gasteiger partial charge in [-0.05, 0) is 104 Å². The fraction of sp³-hybridized carbons (Fsp3) is 0.409. The number of unbranched alkanes of at least 4 members (excludes halogenated alkanes) is 6. The van der Waals surface area contributed by atoms with Crippen LogP contribution >= 0.6 is 20.7 Å². The molecule has 0 fully saturated rings. The number of benzene rings is 3. The Morgan fingerprint density at radius 3 is 2.33 bits per heavy atom. The van der Waals surface area contributed by atoms with Gasteiger partial charge in [0, 0.05) is 49.1 Å². The molecule has 1 heterocycles. The third-order valence-electron chi connectivity index (χ3n) is 9.73. The first-order chi connectivity index (χ1) is 24.6. The van der Waals surface area contributed by atoms with Crippen molar-refractivity contribution in [3.05, 3.63) is 91.7 Å². The Bertz CT molecular complexity index is 2020. The number of esters is 1. The molecule has 0 aromatic heterocycles. The molecule has 1 aliphatic heterocycles. The highest BCUT2D eigenvalue weighted by molar-refractivity contribution is 14.2. The number of aryl methyl sites for hydroxylation is 2. The van der Waals surface area contributed by atoms with E-state index in [1.165, 1.54) is 20.9 Å². The SMILES string of the molecule is CCNc1cc2oc3cc(=ICC)c(C)cc-3c(-c3ccccc3C(=O)OCCCCCCCCCC(C)C3=CC(=O)C=C(C)C3=O)c2cc1C. The topological polar surface area (TPSA) is 85.6 Å². The van der Waals surface area contributed by atoms with E-state index in [0.717, 1.165) is 107 Å².